The summed E-state index contributed by atoms with van der Waals surface area (Å²) in [7, 11) is 0. The average molecular weight is 512 g/mol. The Morgan fingerprint density at radius 1 is 1.24 bits per heavy atom. The minimum absolute atomic E-state index is 0.0284. The zero-order chi connectivity index (χ0) is 26.7. The predicted octanol–water partition coefficient (Wildman–Crippen LogP) is 3.57. The average Bonchev–Trinajstić information content (AvgIpc) is 3.58. The molecule has 9 nitrogen and oxygen atoms in total. The highest BCUT2D eigenvalue weighted by Gasteiger charge is 2.36. The molecule has 9 heteroatoms. The number of aliphatic hydroxyl groups excluding tert-OH is 1. The number of aliphatic hydroxyl groups is 1. The van der Waals surface area contributed by atoms with Gasteiger partial charge in [-0.3, -0.25) is 4.79 Å². The van der Waals surface area contributed by atoms with Crippen molar-refractivity contribution in [3.8, 4) is 17.3 Å². The van der Waals surface area contributed by atoms with E-state index in [1.54, 1.807) is 18.3 Å². The van der Waals surface area contributed by atoms with Crippen LogP contribution >= 0.6 is 0 Å². The van der Waals surface area contributed by atoms with Gasteiger partial charge < -0.3 is 26.0 Å². The first-order chi connectivity index (χ1) is 18.4. The van der Waals surface area contributed by atoms with Crippen LogP contribution in [0.2, 0.25) is 0 Å². The van der Waals surface area contributed by atoms with Gasteiger partial charge in [0.2, 0.25) is 5.95 Å². The van der Waals surface area contributed by atoms with Crippen molar-refractivity contribution >= 4 is 23.2 Å². The second-order valence-corrected chi connectivity index (χ2v) is 10.4. The van der Waals surface area contributed by atoms with Crippen molar-refractivity contribution in [3.63, 3.8) is 0 Å². The third kappa shape index (κ3) is 5.19. The molecule has 2 aliphatic heterocycles. The van der Waals surface area contributed by atoms with E-state index in [9.17, 15) is 15.2 Å². The molecule has 0 radical (unpaired) electrons. The second kappa shape index (κ2) is 10.8. The van der Waals surface area contributed by atoms with Gasteiger partial charge >= 0.3 is 0 Å². The molecule has 1 fully saturated rings. The van der Waals surface area contributed by atoms with Crippen molar-refractivity contribution in [2.75, 3.05) is 50.0 Å². The van der Waals surface area contributed by atoms with Crippen LogP contribution < -0.4 is 16.0 Å². The van der Waals surface area contributed by atoms with E-state index in [1.807, 2.05) is 38.1 Å². The molecule has 0 spiro atoms. The maximum atomic E-state index is 12.8. The van der Waals surface area contributed by atoms with E-state index in [4.69, 9.17) is 4.98 Å². The fourth-order valence-electron chi connectivity index (χ4n) is 5.10. The van der Waals surface area contributed by atoms with Crippen LogP contribution in [0.1, 0.15) is 46.8 Å². The Hall–Kier alpha value is -4.00. The molecular weight excluding hydrogens is 478 g/mol. The fourth-order valence-corrected chi connectivity index (χ4v) is 5.10. The van der Waals surface area contributed by atoms with E-state index in [0.717, 1.165) is 47.7 Å². The number of carbonyl (C=O) groups excluding carboxylic acids is 1. The lowest BCUT2D eigenvalue weighted by atomic mass is 9.83. The Balaban J connectivity index is 1.35. The molecule has 1 amide bonds. The zero-order valence-electron chi connectivity index (χ0n) is 21.8. The zero-order valence-corrected chi connectivity index (χ0v) is 21.8. The van der Waals surface area contributed by atoms with Crippen molar-refractivity contribution < 1.29 is 9.90 Å². The van der Waals surface area contributed by atoms with E-state index in [-0.39, 0.29) is 12.5 Å². The maximum Gasteiger partial charge on any atom is 0.251 e. The van der Waals surface area contributed by atoms with Gasteiger partial charge in [0.15, 0.2) is 0 Å². The van der Waals surface area contributed by atoms with Gasteiger partial charge in [-0.25, -0.2) is 9.97 Å². The van der Waals surface area contributed by atoms with Gasteiger partial charge in [-0.2, -0.15) is 5.26 Å². The normalized spacial score (nSPS) is 18.5. The SMILES string of the molecule is Cc1ccc(C(=O)NCCN2CCCC2)cc1Nc1nccc(-c2cc(C#N)c3c(c2)[C@@](C)(CO)CN3)n1. The lowest BCUT2D eigenvalue weighted by Gasteiger charge is -2.21. The van der Waals surface area contributed by atoms with Crippen LogP contribution in [0.5, 0.6) is 0 Å². The Kier molecular flexibility index (Phi) is 7.27. The van der Waals surface area contributed by atoms with Crippen LogP contribution in [0.4, 0.5) is 17.3 Å². The largest absolute Gasteiger partial charge is 0.395 e. The number of hydrogen-bond acceptors (Lipinski definition) is 8. The van der Waals surface area contributed by atoms with Crippen molar-refractivity contribution in [2.24, 2.45) is 0 Å². The molecule has 2 aliphatic rings. The molecule has 1 aromatic heterocycles. The summed E-state index contributed by atoms with van der Waals surface area (Å²) < 4.78 is 0. The quantitative estimate of drug-likeness (QED) is 0.362. The number of fused-ring (bicyclic) bond motifs is 1. The number of likely N-dealkylation sites (tertiary alicyclic amines) is 1. The standard InChI is InChI=1S/C29H33N7O2/c1-19-5-6-20(27(38)31-9-12-36-10-3-4-11-36)15-25(19)35-28-32-8-7-24(34-28)21-13-22(16-30)26-23(14-21)29(2,18-37)17-33-26/h5-8,13-15,33,37H,3-4,9-12,17-18H2,1-2H3,(H,31,38)(H,32,34,35)/t29-/m1/s1. The lowest BCUT2D eigenvalue weighted by Crippen LogP contribution is -2.33. The van der Waals surface area contributed by atoms with Gasteiger partial charge in [0.05, 0.1) is 23.6 Å². The van der Waals surface area contributed by atoms with Crippen LogP contribution in [-0.2, 0) is 5.41 Å². The van der Waals surface area contributed by atoms with Gasteiger partial charge in [-0.15, -0.1) is 0 Å². The number of hydrogen-bond donors (Lipinski definition) is 4. The molecule has 1 atom stereocenters. The Morgan fingerprint density at radius 3 is 2.82 bits per heavy atom. The van der Waals surface area contributed by atoms with Gasteiger partial charge in [-0.1, -0.05) is 13.0 Å². The first-order valence-corrected chi connectivity index (χ1v) is 13.1. The number of rotatable bonds is 8. The molecular formula is C29H33N7O2. The monoisotopic (exact) mass is 511 g/mol. The summed E-state index contributed by atoms with van der Waals surface area (Å²) in [6.07, 6.45) is 4.13. The van der Waals surface area contributed by atoms with Crippen LogP contribution in [0, 0.1) is 18.3 Å². The number of aromatic nitrogens is 2. The number of nitrogens with one attached hydrogen (secondary N) is 3. The van der Waals surface area contributed by atoms with Crippen LogP contribution in [0.3, 0.4) is 0 Å². The maximum absolute atomic E-state index is 12.8. The first kappa shape index (κ1) is 25.6. The van der Waals surface area contributed by atoms with Gasteiger partial charge in [-0.05, 0) is 74.3 Å². The molecule has 3 aromatic rings. The fraction of sp³-hybridized carbons (Fsp3) is 0.379. The predicted molar refractivity (Wildman–Crippen MR) is 148 cm³/mol. The molecule has 2 aromatic carbocycles. The van der Waals surface area contributed by atoms with Gasteiger partial charge in [0, 0.05) is 48.1 Å². The number of nitrogens with zero attached hydrogens (tertiary/aromatic N) is 4. The molecule has 5 rings (SSSR count). The van der Waals surface area contributed by atoms with Crippen molar-refractivity contribution in [1.29, 1.82) is 5.26 Å². The highest BCUT2D eigenvalue weighted by atomic mass is 16.3. The molecule has 4 N–H and O–H groups in total. The van der Waals surface area contributed by atoms with Crippen LogP contribution in [-0.4, -0.2) is 65.2 Å². The molecule has 0 unspecified atom stereocenters. The summed E-state index contributed by atoms with van der Waals surface area (Å²) in [6, 6.07) is 13.4. The van der Waals surface area contributed by atoms with E-state index in [1.165, 1.54) is 12.8 Å². The summed E-state index contributed by atoms with van der Waals surface area (Å²) in [5.74, 6) is 0.281. The number of carbonyl (C=O) groups is 1. The molecule has 0 bridgehead atoms. The van der Waals surface area contributed by atoms with E-state index in [0.29, 0.717) is 35.9 Å². The molecule has 0 aliphatic carbocycles. The van der Waals surface area contributed by atoms with Crippen LogP contribution in [0.15, 0.2) is 42.6 Å². The van der Waals surface area contributed by atoms with E-state index < -0.39 is 5.41 Å². The second-order valence-electron chi connectivity index (χ2n) is 10.4. The van der Waals surface area contributed by atoms with Gasteiger partial charge in [0.1, 0.15) is 6.07 Å². The number of benzene rings is 2. The molecule has 3 heterocycles. The Morgan fingerprint density at radius 2 is 2.05 bits per heavy atom. The third-order valence-corrected chi connectivity index (χ3v) is 7.52. The van der Waals surface area contributed by atoms with Crippen molar-refractivity contribution in [1.82, 2.24) is 20.2 Å². The van der Waals surface area contributed by atoms with Crippen LogP contribution in [0.25, 0.3) is 11.3 Å². The summed E-state index contributed by atoms with van der Waals surface area (Å²) >= 11 is 0. The minimum Gasteiger partial charge on any atom is -0.395 e. The van der Waals surface area contributed by atoms with Gasteiger partial charge in [0.25, 0.3) is 5.91 Å². The molecule has 1 saturated heterocycles. The Bertz CT molecular complexity index is 1390. The third-order valence-electron chi connectivity index (χ3n) is 7.52. The summed E-state index contributed by atoms with van der Waals surface area (Å²) in [5, 5.41) is 29.3. The summed E-state index contributed by atoms with van der Waals surface area (Å²) in [4.78, 5) is 24.2. The highest BCUT2D eigenvalue weighted by molar-refractivity contribution is 5.95. The number of anilines is 3. The first-order valence-electron chi connectivity index (χ1n) is 13.1. The Labute approximate surface area is 222 Å². The topological polar surface area (TPSA) is 126 Å². The highest BCUT2D eigenvalue weighted by Crippen LogP contribution is 2.41. The lowest BCUT2D eigenvalue weighted by molar-refractivity contribution is 0.0950. The molecule has 196 valence electrons. The smallest absolute Gasteiger partial charge is 0.251 e. The van der Waals surface area contributed by atoms with E-state index >= 15 is 0 Å². The van der Waals surface area contributed by atoms with Crippen molar-refractivity contribution in [3.05, 3.63) is 64.8 Å². The number of aryl methyl sites for hydroxylation is 1. The minimum atomic E-state index is -0.475. The van der Waals surface area contributed by atoms with Crippen molar-refractivity contribution in [2.45, 2.75) is 32.1 Å². The molecule has 38 heavy (non-hydrogen) atoms. The number of nitriles is 1. The number of amides is 1. The van der Waals surface area contributed by atoms with E-state index in [2.05, 4.69) is 31.9 Å². The summed E-state index contributed by atoms with van der Waals surface area (Å²) in [6.45, 7) is 8.17. The molecule has 0 saturated carbocycles. The summed E-state index contributed by atoms with van der Waals surface area (Å²) in [5.41, 5.74) is 5.43.